The summed E-state index contributed by atoms with van der Waals surface area (Å²) < 4.78 is 0. The number of nitrogens with zero attached hydrogens (tertiary/aromatic N) is 2. The van der Waals surface area contributed by atoms with E-state index in [-0.39, 0.29) is 11.9 Å². The summed E-state index contributed by atoms with van der Waals surface area (Å²) >= 11 is 0. The Balaban J connectivity index is 1.65. The van der Waals surface area contributed by atoms with E-state index in [1.165, 1.54) is 6.33 Å². The normalized spacial score (nSPS) is 25.3. The summed E-state index contributed by atoms with van der Waals surface area (Å²) in [6.45, 7) is 5.10. The molecule has 1 aliphatic carbocycles. The monoisotopic (exact) mass is 246 g/mol. The summed E-state index contributed by atoms with van der Waals surface area (Å²) in [5.74, 6) is 0.0454. The molecule has 0 aromatic carbocycles. The lowest BCUT2D eigenvalue weighted by atomic mass is 9.68. The Kier molecular flexibility index (Phi) is 2.59. The topological polar surface area (TPSA) is 66.9 Å². The van der Waals surface area contributed by atoms with E-state index in [0.29, 0.717) is 18.0 Å². The number of fused-ring (bicyclic) bond motifs is 1. The van der Waals surface area contributed by atoms with Crippen molar-refractivity contribution in [2.45, 2.75) is 45.3 Å². The van der Waals surface area contributed by atoms with Gasteiger partial charge in [-0.15, -0.1) is 0 Å². The predicted octanol–water partition coefficient (Wildman–Crippen LogP) is 0.926. The van der Waals surface area contributed by atoms with E-state index in [1.807, 2.05) is 0 Å². The first-order valence-corrected chi connectivity index (χ1v) is 6.38. The van der Waals surface area contributed by atoms with Crippen molar-refractivity contribution in [3.63, 3.8) is 0 Å². The Morgan fingerprint density at radius 3 is 3.00 bits per heavy atom. The summed E-state index contributed by atoms with van der Waals surface area (Å²) in [4.78, 5) is 20.4. The molecule has 1 amide bonds. The van der Waals surface area contributed by atoms with Crippen LogP contribution in [0.15, 0.2) is 12.5 Å². The minimum atomic E-state index is -0.287. The number of carbonyl (C=O) groups is 1. The van der Waals surface area contributed by atoms with Gasteiger partial charge < -0.3 is 5.32 Å². The summed E-state index contributed by atoms with van der Waals surface area (Å²) in [6, 6.07) is 0.0351. The molecule has 5 heteroatoms. The van der Waals surface area contributed by atoms with Crippen molar-refractivity contribution in [1.82, 2.24) is 20.6 Å². The predicted molar refractivity (Wildman–Crippen MR) is 66.6 cm³/mol. The summed E-state index contributed by atoms with van der Waals surface area (Å²) in [6.07, 6.45) is 5.37. The Labute approximate surface area is 106 Å². The molecule has 2 N–H and O–H groups in total. The smallest absolute Gasteiger partial charge is 0.242 e. The Bertz CT molecular complexity index is 478. The lowest BCUT2D eigenvalue weighted by Gasteiger charge is -2.43. The average molecular weight is 246 g/mol. The van der Waals surface area contributed by atoms with Gasteiger partial charge in [-0.05, 0) is 18.3 Å². The number of hydrogen-bond acceptors (Lipinski definition) is 4. The lowest BCUT2D eigenvalue weighted by molar-refractivity contribution is -0.125. The van der Waals surface area contributed by atoms with E-state index in [1.54, 1.807) is 6.20 Å². The van der Waals surface area contributed by atoms with Crippen LogP contribution in [0.4, 0.5) is 0 Å². The maximum atomic E-state index is 12.2. The number of carbonyl (C=O) groups excluding carboxylic acids is 1. The Hall–Kier alpha value is -1.49. The molecular weight excluding hydrogens is 228 g/mol. The van der Waals surface area contributed by atoms with E-state index in [0.717, 1.165) is 24.1 Å². The molecule has 18 heavy (non-hydrogen) atoms. The molecule has 1 fully saturated rings. The maximum Gasteiger partial charge on any atom is 0.242 e. The second kappa shape index (κ2) is 4.02. The van der Waals surface area contributed by atoms with Gasteiger partial charge in [0.05, 0.1) is 5.69 Å². The van der Waals surface area contributed by atoms with Crippen molar-refractivity contribution in [3.05, 3.63) is 23.8 Å². The van der Waals surface area contributed by atoms with E-state index in [4.69, 9.17) is 0 Å². The number of nitrogens with one attached hydrogen (secondary N) is 2. The fourth-order valence-electron chi connectivity index (χ4n) is 2.96. The minimum Gasteiger partial charge on any atom is -0.352 e. The number of rotatable bonds is 2. The number of aromatic nitrogens is 2. The van der Waals surface area contributed by atoms with Gasteiger partial charge in [0, 0.05) is 24.3 Å². The molecule has 5 nitrogen and oxygen atoms in total. The molecule has 2 heterocycles. The molecule has 1 saturated carbocycles. The largest absolute Gasteiger partial charge is 0.352 e. The summed E-state index contributed by atoms with van der Waals surface area (Å²) in [7, 11) is 0. The highest BCUT2D eigenvalue weighted by atomic mass is 16.2. The second-order valence-electron chi connectivity index (χ2n) is 6.02. The van der Waals surface area contributed by atoms with Crippen molar-refractivity contribution in [3.8, 4) is 0 Å². The van der Waals surface area contributed by atoms with Gasteiger partial charge in [0.1, 0.15) is 12.4 Å². The second-order valence-corrected chi connectivity index (χ2v) is 6.02. The molecule has 3 rings (SSSR count). The maximum absolute atomic E-state index is 12.2. The van der Waals surface area contributed by atoms with Crippen molar-refractivity contribution < 1.29 is 4.79 Å². The molecule has 0 spiro atoms. The van der Waals surface area contributed by atoms with Crippen LogP contribution in [0.2, 0.25) is 0 Å². The van der Waals surface area contributed by atoms with Crippen LogP contribution in [0.25, 0.3) is 0 Å². The average Bonchev–Trinajstić information content (AvgIpc) is 2.70. The van der Waals surface area contributed by atoms with Crippen LogP contribution in [0.3, 0.4) is 0 Å². The Morgan fingerprint density at radius 1 is 1.50 bits per heavy atom. The lowest BCUT2D eigenvalue weighted by Crippen LogP contribution is -2.50. The first kappa shape index (κ1) is 11.6. The molecule has 1 aromatic heterocycles. The highest BCUT2D eigenvalue weighted by Crippen LogP contribution is 2.40. The van der Waals surface area contributed by atoms with Crippen LogP contribution in [0, 0.1) is 5.41 Å². The van der Waals surface area contributed by atoms with E-state index < -0.39 is 0 Å². The van der Waals surface area contributed by atoms with Crippen molar-refractivity contribution in [1.29, 1.82) is 0 Å². The Morgan fingerprint density at radius 2 is 2.28 bits per heavy atom. The molecule has 96 valence electrons. The molecule has 2 aliphatic rings. The minimum absolute atomic E-state index is 0.0454. The third-order valence-corrected chi connectivity index (χ3v) is 3.82. The standard InChI is InChI=1S/C13H18N4O/c1-13(2)3-8(4-13)17-12(18)11-9-5-14-7-16-10(9)6-15-11/h5,7-8,11,15H,3-4,6H2,1-2H3,(H,17,18). The molecule has 1 aromatic rings. The third-order valence-electron chi connectivity index (χ3n) is 3.82. The SMILES string of the molecule is CC1(C)CC(NC(=O)C2NCc3ncncc32)C1. The van der Waals surface area contributed by atoms with Gasteiger partial charge >= 0.3 is 0 Å². The molecule has 0 saturated heterocycles. The van der Waals surface area contributed by atoms with Crippen molar-refractivity contribution in [2.24, 2.45) is 5.41 Å². The third kappa shape index (κ3) is 1.99. The first-order valence-electron chi connectivity index (χ1n) is 6.38. The van der Waals surface area contributed by atoms with Crippen molar-refractivity contribution in [2.75, 3.05) is 0 Å². The van der Waals surface area contributed by atoms with Gasteiger partial charge in [0.15, 0.2) is 0 Å². The molecular formula is C13H18N4O. The fraction of sp³-hybridized carbons (Fsp3) is 0.615. The van der Waals surface area contributed by atoms with Crippen LogP contribution in [0.5, 0.6) is 0 Å². The zero-order valence-corrected chi connectivity index (χ0v) is 10.7. The van der Waals surface area contributed by atoms with Gasteiger partial charge in [-0.25, -0.2) is 9.97 Å². The highest BCUT2D eigenvalue weighted by Gasteiger charge is 2.38. The molecule has 0 radical (unpaired) electrons. The van der Waals surface area contributed by atoms with E-state index in [2.05, 4.69) is 34.4 Å². The van der Waals surface area contributed by atoms with Gasteiger partial charge in [0.2, 0.25) is 5.91 Å². The number of hydrogen-bond donors (Lipinski definition) is 2. The number of amides is 1. The van der Waals surface area contributed by atoms with Gasteiger partial charge in [0.25, 0.3) is 0 Å². The zero-order valence-electron chi connectivity index (χ0n) is 10.7. The van der Waals surface area contributed by atoms with Crippen molar-refractivity contribution >= 4 is 5.91 Å². The van der Waals surface area contributed by atoms with Crippen LogP contribution >= 0.6 is 0 Å². The van der Waals surface area contributed by atoms with E-state index >= 15 is 0 Å². The van der Waals surface area contributed by atoms with Gasteiger partial charge in [-0.2, -0.15) is 0 Å². The van der Waals surface area contributed by atoms with Crippen LogP contribution < -0.4 is 10.6 Å². The molecule has 1 aliphatic heterocycles. The summed E-state index contributed by atoms with van der Waals surface area (Å²) in [5, 5.41) is 6.28. The molecule has 1 atom stereocenters. The van der Waals surface area contributed by atoms with Gasteiger partial charge in [-0.1, -0.05) is 13.8 Å². The van der Waals surface area contributed by atoms with Crippen LogP contribution in [0.1, 0.15) is 44.0 Å². The first-order chi connectivity index (χ1) is 8.55. The van der Waals surface area contributed by atoms with Crippen LogP contribution in [-0.4, -0.2) is 21.9 Å². The van der Waals surface area contributed by atoms with E-state index in [9.17, 15) is 4.79 Å². The van der Waals surface area contributed by atoms with Gasteiger partial charge in [-0.3, -0.25) is 10.1 Å². The molecule has 1 unspecified atom stereocenters. The zero-order chi connectivity index (χ0) is 12.8. The fourth-order valence-corrected chi connectivity index (χ4v) is 2.96. The highest BCUT2D eigenvalue weighted by molar-refractivity contribution is 5.84. The van der Waals surface area contributed by atoms with Crippen LogP contribution in [-0.2, 0) is 11.3 Å². The quantitative estimate of drug-likeness (QED) is 0.814. The molecule has 0 bridgehead atoms. The summed E-state index contributed by atoms with van der Waals surface area (Å²) in [5.41, 5.74) is 2.22.